The van der Waals surface area contributed by atoms with Crippen molar-refractivity contribution in [3.63, 3.8) is 0 Å². The van der Waals surface area contributed by atoms with Crippen molar-refractivity contribution in [1.82, 2.24) is 4.98 Å². The Morgan fingerprint density at radius 3 is 3.06 bits per heavy atom. The fourth-order valence-corrected chi connectivity index (χ4v) is 2.56. The molecule has 0 amide bonds. The van der Waals surface area contributed by atoms with Crippen molar-refractivity contribution in [2.75, 3.05) is 11.9 Å². The molecule has 2 unspecified atom stereocenters. The Labute approximate surface area is 107 Å². The minimum Gasteiger partial charge on any atom is -0.379 e. The lowest BCUT2D eigenvalue weighted by molar-refractivity contribution is 0.0997. The summed E-state index contributed by atoms with van der Waals surface area (Å²) in [5.41, 5.74) is 2.17. The first kappa shape index (κ1) is 11.5. The molecule has 3 rings (SSSR count). The van der Waals surface area contributed by atoms with Gasteiger partial charge in [0.25, 0.3) is 0 Å². The lowest BCUT2D eigenvalue weighted by Gasteiger charge is -2.21. The highest BCUT2D eigenvalue weighted by Crippen LogP contribution is 2.24. The molecule has 1 N–H and O–H groups in total. The summed E-state index contributed by atoms with van der Waals surface area (Å²) in [6.07, 6.45) is 4.51. The van der Waals surface area contributed by atoms with Crippen LogP contribution in [0.5, 0.6) is 0 Å². The Morgan fingerprint density at radius 1 is 1.33 bits per heavy atom. The second kappa shape index (κ2) is 4.94. The number of pyridine rings is 1. The number of anilines is 1. The molecule has 0 bridgehead atoms. The van der Waals surface area contributed by atoms with Crippen molar-refractivity contribution in [2.45, 2.75) is 31.9 Å². The molecule has 1 aromatic heterocycles. The molecule has 0 aliphatic carbocycles. The minimum atomic E-state index is 0.330. The summed E-state index contributed by atoms with van der Waals surface area (Å²) in [6, 6.07) is 10.6. The molecule has 1 aromatic carbocycles. The molecule has 0 radical (unpaired) electrons. The topological polar surface area (TPSA) is 34.2 Å². The molecule has 2 heterocycles. The molecule has 1 fully saturated rings. The maximum atomic E-state index is 5.72. The molecular weight excluding hydrogens is 224 g/mol. The van der Waals surface area contributed by atoms with Gasteiger partial charge >= 0.3 is 0 Å². The highest BCUT2D eigenvalue weighted by Gasteiger charge is 2.22. The fourth-order valence-electron chi connectivity index (χ4n) is 2.56. The van der Waals surface area contributed by atoms with E-state index in [0.29, 0.717) is 12.1 Å². The van der Waals surface area contributed by atoms with Gasteiger partial charge in [0, 0.05) is 29.9 Å². The van der Waals surface area contributed by atoms with Gasteiger partial charge in [-0.2, -0.15) is 0 Å². The van der Waals surface area contributed by atoms with Gasteiger partial charge in [0.15, 0.2) is 0 Å². The Morgan fingerprint density at radius 2 is 2.22 bits per heavy atom. The summed E-state index contributed by atoms with van der Waals surface area (Å²) in [7, 11) is 0. The van der Waals surface area contributed by atoms with Crippen LogP contribution in [0, 0.1) is 0 Å². The van der Waals surface area contributed by atoms with Crippen LogP contribution in [0.3, 0.4) is 0 Å². The highest BCUT2D eigenvalue weighted by molar-refractivity contribution is 5.90. The van der Waals surface area contributed by atoms with Gasteiger partial charge in [-0.3, -0.25) is 4.98 Å². The molecule has 18 heavy (non-hydrogen) atoms. The second-order valence-electron chi connectivity index (χ2n) is 4.86. The zero-order valence-electron chi connectivity index (χ0n) is 10.6. The summed E-state index contributed by atoms with van der Waals surface area (Å²) >= 11 is 0. The quantitative estimate of drug-likeness (QED) is 0.897. The van der Waals surface area contributed by atoms with Crippen LogP contribution in [0.2, 0.25) is 0 Å². The molecular formula is C15H18N2O. The summed E-state index contributed by atoms with van der Waals surface area (Å²) in [5.74, 6) is 0. The SMILES string of the molecule is CC(Nc1ccnc2ccccc12)C1CCCO1. The number of para-hydroxylation sites is 1. The first-order valence-electron chi connectivity index (χ1n) is 6.56. The zero-order chi connectivity index (χ0) is 12.4. The number of ether oxygens (including phenoxy) is 1. The van der Waals surface area contributed by atoms with Crippen molar-refractivity contribution in [3.05, 3.63) is 36.5 Å². The Bertz CT molecular complexity index is 530. The van der Waals surface area contributed by atoms with E-state index >= 15 is 0 Å². The van der Waals surface area contributed by atoms with E-state index in [-0.39, 0.29) is 0 Å². The Kier molecular flexibility index (Phi) is 3.15. The number of fused-ring (bicyclic) bond motifs is 1. The van der Waals surface area contributed by atoms with E-state index in [1.807, 2.05) is 30.5 Å². The molecule has 0 saturated carbocycles. The first-order valence-corrected chi connectivity index (χ1v) is 6.56. The van der Waals surface area contributed by atoms with E-state index in [0.717, 1.165) is 24.2 Å². The van der Waals surface area contributed by atoms with Crippen molar-refractivity contribution < 1.29 is 4.74 Å². The predicted molar refractivity (Wildman–Crippen MR) is 73.8 cm³/mol. The second-order valence-corrected chi connectivity index (χ2v) is 4.86. The number of aromatic nitrogens is 1. The summed E-state index contributed by atoms with van der Waals surface area (Å²) in [4.78, 5) is 4.38. The third-order valence-corrected chi connectivity index (χ3v) is 3.55. The van der Waals surface area contributed by atoms with Crippen molar-refractivity contribution >= 4 is 16.6 Å². The van der Waals surface area contributed by atoms with E-state index in [2.05, 4.69) is 23.3 Å². The van der Waals surface area contributed by atoms with E-state index in [1.54, 1.807) is 0 Å². The number of benzene rings is 1. The normalized spacial score (nSPS) is 21.1. The molecule has 0 spiro atoms. The van der Waals surface area contributed by atoms with Gasteiger partial charge in [0.05, 0.1) is 11.6 Å². The van der Waals surface area contributed by atoms with Gasteiger partial charge in [0.1, 0.15) is 0 Å². The van der Waals surface area contributed by atoms with Gasteiger partial charge in [-0.15, -0.1) is 0 Å². The standard InChI is InChI=1S/C15H18N2O/c1-11(15-7-4-10-18-15)17-14-8-9-16-13-6-3-2-5-12(13)14/h2-3,5-6,8-9,11,15H,4,7,10H2,1H3,(H,16,17). The first-order chi connectivity index (χ1) is 8.84. The fraction of sp³-hybridized carbons (Fsp3) is 0.400. The molecule has 1 aliphatic rings. The number of nitrogens with one attached hydrogen (secondary N) is 1. The summed E-state index contributed by atoms with van der Waals surface area (Å²) < 4.78 is 5.72. The van der Waals surface area contributed by atoms with E-state index < -0.39 is 0 Å². The lowest BCUT2D eigenvalue weighted by atomic mass is 10.1. The van der Waals surface area contributed by atoms with Crippen LogP contribution >= 0.6 is 0 Å². The molecule has 1 saturated heterocycles. The largest absolute Gasteiger partial charge is 0.379 e. The third-order valence-electron chi connectivity index (χ3n) is 3.55. The molecule has 2 aromatic rings. The molecule has 2 atom stereocenters. The van der Waals surface area contributed by atoms with Crippen LogP contribution in [-0.4, -0.2) is 23.7 Å². The van der Waals surface area contributed by atoms with Gasteiger partial charge in [0.2, 0.25) is 0 Å². The van der Waals surface area contributed by atoms with E-state index in [4.69, 9.17) is 4.74 Å². The molecule has 1 aliphatic heterocycles. The van der Waals surface area contributed by atoms with E-state index in [9.17, 15) is 0 Å². The van der Waals surface area contributed by atoms with Crippen molar-refractivity contribution in [2.24, 2.45) is 0 Å². The minimum absolute atomic E-state index is 0.330. The van der Waals surface area contributed by atoms with Gasteiger partial charge in [-0.1, -0.05) is 18.2 Å². The van der Waals surface area contributed by atoms with Crippen LogP contribution in [0.4, 0.5) is 5.69 Å². The molecule has 3 nitrogen and oxygen atoms in total. The summed E-state index contributed by atoms with van der Waals surface area (Å²) in [6.45, 7) is 3.08. The number of rotatable bonds is 3. The van der Waals surface area contributed by atoms with E-state index in [1.165, 1.54) is 11.8 Å². The van der Waals surface area contributed by atoms with Crippen LogP contribution in [0.25, 0.3) is 10.9 Å². The van der Waals surface area contributed by atoms with Crippen LogP contribution < -0.4 is 5.32 Å². The average molecular weight is 242 g/mol. The van der Waals surface area contributed by atoms with Crippen LogP contribution in [-0.2, 0) is 4.74 Å². The Balaban J connectivity index is 1.85. The third kappa shape index (κ3) is 2.18. The van der Waals surface area contributed by atoms with Crippen LogP contribution in [0.15, 0.2) is 36.5 Å². The predicted octanol–water partition coefficient (Wildman–Crippen LogP) is 3.21. The molecule has 3 heteroatoms. The number of hydrogen-bond acceptors (Lipinski definition) is 3. The maximum absolute atomic E-state index is 5.72. The summed E-state index contributed by atoms with van der Waals surface area (Å²) in [5, 5.41) is 4.73. The maximum Gasteiger partial charge on any atom is 0.0774 e. The van der Waals surface area contributed by atoms with Crippen LogP contribution in [0.1, 0.15) is 19.8 Å². The van der Waals surface area contributed by atoms with Crippen molar-refractivity contribution in [3.8, 4) is 0 Å². The number of nitrogens with zero attached hydrogens (tertiary/aromatic N) is 1. The monoisotopic (exact) mass is 242 g/mol. The lowest BCUT2D eigenvalue weighted by Crippen LogP contribution is -2.30. The average Bonchev–Trinajstić information content (AvgIpc) is 2.93. The van der Waals surface area contributed by atoms with Gasteiger partial charge in [-0.05, 0) is 31.9 Å². The Hall–Kier alpha value is -1.61. The number of hydrogen-bond donors (Lipinski definition) is 1. The highest BCUT2D eigenvalue weighted by atomic mass is 16.5. The molecule has 94 valence electrons. The smallest absolute Gasteiger partial charge is 0.0774 e. The van der Waals surface area contributed by atoms with Gasteiger partial charge < -0.3 is 10.1 Å². The van der Waals surface area contributed by atoms with Crippen molar-refractivity contribution in [1.29, 1.82) is 0 Å². The zero-order valence-corrected chi connectivity index (χ0v) is 10.6. The van der Waals surface area contributed by atoms with Gasteiger partial charge in [-0.25, -0.2) is 0 Å².